The second-order valence-electron chi connectivity index (χ2n) is 8.03. The van der Waals surface area contributed by atoms with Crippen LogP contribution in [0.25, 0.3) is 0 Å². The third-order valence-electron chi connectivity index (χ3n) is 5.43. The summed E-state index contributed by atoms with van der Waals surface area (Å²) in [4.78, 5) is 12.8. The van der Waals surface area contributed by atoms with Gasteiger partial charge in [-0.05, 0) is 55.2 Å². The van der Waals surface area contributed by atoms with Gasteiger partial charge in [0.05, 0.1) is 10.6 Å². The molecule has 3 aromatic rings. The second-order valence-corrected chi connectivity index (χ2v) is 13.8. The minimum absolute atomic E-state index is 0.152. The first-order valence-corrected chi connectivity index (χ1v) is 15.7. The van der Waals surface area contributed by atoms with E-state index in [-0.39, 0.29) is 16.6 Å². The maximum atomic E-state index is 13.0. The van der Waals surface area contributed by atoms with Crippen molar-refractivity contribution in [2.45, 2.75) is 45.5 Å². The molecule has 1 saturated heterocycles. The lowest BCUT2D eigenvalue weighted by molar-refractivity contribution is -0.113. The van der Waals surface area contributed by atoms with Crippen molar-refractivity contribution in [3.63, 3.8) is 0 Å². The van der Waals surface area contributed by atoms with Gasteiger partial charge in [0, 0.05) is 29.6 Å². The van der Waals surface area contributed by atoms with Crippen molar-refractivity contribution in [3.05, 3.63) is 58.6 Å². The van der Waals surface area contributed by atoms with Crippen LogP contribution < -0.4 is 5.32 Å². The first-order valence-electron chi connectivity index (χ1n) is 11.1. The van der Waals surface area contributed by atoms with E-state index in [4.69, 9.17) is 11.6 Å². The molecule has 1 fully saturated rings. The van der Waals surface area contributed by atoms with Crippen LogP contribution >= 0.6 is 46.5 Å². The molecule has 12 heteroatoms. The number of benzene rings is 2. The molecular weight excluding hydrogens is 544 g/mol. The third-order valence-corrected chi connectivity index (χ3v) is 10.8. The summed E-state index contributed by atoms with van der Waals surface area (Å²) in [5.74, 6) is 0.683. The SMILES string of the molecule is Cc1ccc(S(=O)(=O)N2CCCCC2)cc1NC(=O)CSc1nnc(SCc2ccc(Cl)cc2)s1. The summed E-state index contributed by atoms with van der Waals surface area (Å²) >= 11 is 10.2. The number of carbonyl (C=O) groups excluding carboxylic acids is 1. The molecule has 0 spiro atoms. The Morgan fingerprint density at radius 3 is 2.46 bits per heavy atom. The number of aryl methyl sites for hydroxylation is 1. The fraction of sp³-hybridized carbons (Fsp3) is 0.348. The minimum atomic E-state index is -3.57. The summed E-state index contributed by atoms with van der Waals surface area (Å²) in [6.07, 6.45) is 2.80. The van der Waals surface area contributed by atoms with Crippen LogP contribution in [0.5, 0.6) is 0 Å². The number of halogens is 1. The number of nitrogens with zero attached hydrogens (tertiary/aromatic N) is 3. The second kappa shape index (κ2) is 12.1. The van der Waals surface area contributed by atoms with Crippen LogP contribution in [0.4, 0.5) is 5.69 Å². The monoisotopic (exact) mass is 568 g/mol. The zero-order valence-electron chi connectivity index (χ0n) is 19.1. The van der Waals surface area contributed by atoms with Gasteiger partial charge in [0.15, 0.2) is 8.68 Å². The Balaban J connectivity index is 1.32. The summed E-state index contributed by atoms with van der Waals surface area (Å²) in [6.45, 7) is 2.92. The Kier molecular flexibility index (Phi) is 9.12. The van der Waals surface area contributed by atoms with Gasteiger partial charge in [0.1, 0.15) is 0 Å². The van der Waals surface area contributed by atoms with Crippen molar-refractivity contribution < 1.29 is 13.2 Å². The summed E-state index contributed by atoms with van der Waals surface area (Å²) in [5, 5.41) is 11.9. The van der Waals surface area contributed by atoms with Crippen LogP contribution in [0.1, 0.15) is 30.4 Å². The molecule has 1 aliphatic rings. The van der Waals surface area contributed by atoms with Crippen LogP contribution in [0, 0.1) is 6.92 Å². The van der Waals surface area contributed by atoms with Crippen LogP contribution in [0.2, 0.25) is 5.02 Å². The lowest BCUT2D eigenvalue weighted by Gasteiger charge is -2.26. The van der Waals surface area contributed by atoms with Crippen molar-refractivity contribution in [2.24, 2.45) is 0 Å². The molecule has 4 rings (SSSR count). The lowest BCUT2D eigenvalue weighted by atomic mass is 10.2. The highest BCUT2D eigenvalue weighted by molar-refractivity contribution is 8.03. The number of aromatic nitrogens is 2. The van der Waals surface area contributed by atoms with Crippen molar-refractivity contribution in [1.82, 2.24) is 14.5 Å². The molecule has 0 atom stereocenters. The van der Waals surface area contributed by atoms with Crippen molar-refractivity contribution in [1.29, 1.82) is 0 Å². The third kappa shape index (κ3) is 7.21. The number of hydrogen-bond donors (Lipinski definition) is 1. The van der Waals surface area contributed by atoms with Crippen LogP contribution in [-0.4, -0.2) is 47.7 Å². The molecule has 1 amide bonds. The standard InChI is InChI=1S/C23H25ClN4O3S4/c1-16-5-10-19(35(30,31)28-11-3-2-4-12-28)13-20(16)25-21(29)15-33-23-27-26-22(34-23)32-14-17-6-8-18(24)9-7-17/h5-10,13H,2-4,11-12,14-15H2,1H3,(H,25,29). The van der Waals surface area contributed by atoms with Crippen LogP contribution in [-0.2, 0) is 20.6 Å². The molecule has 35 heavy (non-hydrogen) atoms. The van der Waals surface area contributed by atoms with E-state index in [2.05, 4.69) is 15.5 Å². The number of anilines is 1. The molecular formula is C23H25ClN4O3S4. The normalized spacial score (nSPS) is 14.7. The first kappa shape index (κ1) is 26.4. The molecule has 2 heterocycles. The maximum Gasteiger partial charge on any atom is 0.243 e. The molecule has 1 aromatic heterocycles. The molecule has 0 bridgehead atoms. The predicted octanol–water partition coefficient (Wildman–Crippen LogP) is 5.70. The summed E-state index contributed by atoms with van der Waals surface area (Å²) in [5.41, 5.74) is 2.45. The van der Waals surface area contributed by atoms with E-state index in [0.29, 0.717) is 28.1 Å². The molecule has 2 aromatic carbocycles. The van der Waals surface area contributed by atoms with Crippen molar-refractivity contribution in [2.75, 3.05) is 24.2 Å². The lowest BCUT2D eigenvalue weighted by Crippen LogP contribution is -2.35. The zero-order valence-corrected chi connectivity index (χ0v) is 23.1. The molecule has 1 aliphatic heterocycles. The Hall–Kier alpha value is -1.63. The topological polar surface area (TPSA) is 92.3 Å². The molecule has 0 saturated carbocycles. The number of hydrogen-bond acceptors (Lipinski definition) is 8. The number of piperidine rings is 1. The number of amides is 1. The fourth-order valence-corrected chi connectivity index (χ4v) is 7.95. The Morgan fingerprint density at radius 1 is 1.06 bits per heavy atom. The van der Waals surface area contributed by atoms with Crippen LogP contribution in [0.15, 0.2) is 56.0 Å². The maximum absolute atomic E-state index is 13.0. The van der Waals surface area contributed by atoms with E-state index in [1.54, 1.807) is 30.0 Å². The van der Waals surface area contributed by atoms with E-state index in [1.165, 1.54) is 27.4 Å². The molecule has 0 unspecified atom stereocenters. The minimum Gasteiger partial charge on any atom is -0.325 e. The van der Waals surface area contributed by atoms with E-state index in [9.17, 15) is 13.2 Å². The molecule has 0 aliphatic carbocycles. The van der Waals surface area contributed by atoms with E-state index < -0.39 is 10.0 Å². The number of thioether (sulfide) groups is 2. The molecule has 1 N–H and O–H groups in total. The highest BCUT2D eigenvalue weighted by Crippen LogP contribution is 2.31. The van der Waals surface area contributed by atoms with E-state index in [1.807, 2.05) is 31.2 Å². The Morgan fingerprint density at radius 2 is 1.74 bits per heavy atom. The number of sulfonamides is 1. The Labute approximate surface area is 223 Å². The van der Waals surface area contributed by atoms with Gasteiger partial charge in [-0.25, -0.2) is 8.42 Å². The average Bonchev–Trinajstić information content (AvgIpc) is 3.32. The van der Waals surface area contributed by atoms with Crippen LogP contribution in [0.3, 0.4) is 0 Å². The summed E-state index contributed by atoms with van der Waals surface area (Å²) < 4.78 is 29.1. The van der Waals surface area contributed by atoms with Gasteiger partial charge in [-0.15, -0.1) is 10.2 Å². The number of rotatable bonds is 9. The average molecular weight is 569 g/mol. The van der Waals surface area contributed by atoms with Gasteiger partial charge in [-0.3, -0.25) is 4.79 Å². The predicted molar refractivity (Wildman–Crippen MR) is 144 cm³/mol. The molecule has 7 nitrogen and oxygen atoms in total. The van der Waals surface area contributed by atoms with Gasteiger partial charge >= 0.3 is 0 Å². The van der Waals surface area contributed by atoms with Crippen molar-refractivity contribution >= 4 is 68.1 Å². The highest BCUT2D eigenvalue weighted by Gasteiger charge is 2.26. The number of nitrogens with one attached hydrogen (secondary N) is 1. The summed E-state index contributed by atoms with van der Waals surface area (Å²) in [6, 6.07) is 12.6. The van der Waals surface area contributed by atoms with Crippen molar-refractivity contribution in [3.8, 4) is 0 Å². The van der Waals surface area contributed by atoms with E-state index >= 15 is 0 Å². The van der Waals surface area contributed by atoms with E-state index in [0.717, 1.165) is 40.5 Å². The van der Waals surface area contributed by atoms with Gasteiger partial charge < -0.3 is 5.32 Å². The first-order chi connectivity index (χ1) is 16.8. The fourth-order valence-electron chi connectivity index (χ4n) is 3.50. The molecule has 186 valence electrons. The number of carbonyl (C=O) groups is 1. The largest absolute Gasteiger partial charge is 0.325 e. The summed E-state index contributed by atoms with van der Waals surface area (Å²) in [7, 11) is -3.57. The van der Waals surface area contributed by atoms with Gasteiger partial charge in [0.25, 0.3) is 0 Å². The van der Waals surface area contributed by atoms with Gasteiger partial charge in [0.2, 0.25) is 15.9 Å². The Bertz CT molecular complexity index is 1280. The van der Waals surface area contributed by atoms with Gasteiger partial charge in [-0.1, -0.05) is 71.1 Å². The highest BCUT2D eigenvalue weighted by atomic mass is 35.5. The zero-order chi connectivity index (χ0) is 24.8. The smallest absolute Gasteiger partial charge is 0.243 e. The van der Waals surface area contributed by atoms with Gasteiger partial charge in [-0.2, -0.15) is 4.31 Å². The molecule has 0 radical (unpaired) electrons. The quantitative estimate of drug-likeness (QED) is 0.331.